The van der Waals surface area contributed by atoms with Gasteiger partial charge in [0, 0.05) is 27.8 Å². The lowest BCUT2D eigenvalue weighted by Crippen LogP contribution is -2.29. The molecule has 160 valence electrons. The molecule has 0 fully saturated rings. The summed E-state index contributed by atoms with van der Waals surface area (Å²) in [6.45, 7) is 6.72. The molecule has 4 aromatic carbocycles. The van der Waals surface area contributed by atoms with Crippen LogP contribution >= 0.6 is 0 Å². The molecule has 6 aromatic rings. The van der Waals surface area contributed by atoms with Crippen LogP contribution in [0.4, 0.5) is 0 Å². The first-order valence-electron chi connectivity index (χ1n) is 11.4. The SMILES string of the molecule is Cc1ccc2c(oc3ccccc32)c1-c1oc2c3c(ccc2[n+]1C)C(C)(C)c1ccccc1-3. The van der Waals surface area contributed by atoms with Crippen LogP contribution < -0.4 is 4.57 Å². The summed E-state index contributed by atoms with van der Waals surface area (Å²) in [4.78, 5) is 0. The van der Waals surface area contributed by atoms with Crippen molar-refractivity contribution in [3.63, 3.8) is 0 Å². The molecule has 0 atom stereocenters. The van der Waals surface area contributed by atoms with E-state index in [0.29, 0.717) is 0 Å². The Morgan fingerprint density at radius 3 is 2.36 bits per heavy atom. The van der Waals surface area contributed by atoms with Gasteiger partial charge in [0.15, 0.2) is 5.58 Å². The Balaban J connectivity index is 1.59. The van der Waals surface area contributed by atoms with E-state index in [-0.39, 0.29) is 5.41 Å². The van der Waals surface area contributed by atoms with Gasteiger partial charge in [0.2, 0.25) is 5.58 Å². The first kappa shape index (κ1) is 18.7. The Morgan fingerprint density at radius 1 is 0.697 bits per heavy atom. The summed E-state index contributed by atoms with van der Waals surface area (Å²) in [6.07, 6.45) is 0. The minimum Gasteiger partial charge on any atom is -0.455 e. The molecular weight excluding hydrogens is 406 g/mol. The zero-order valence-electron chi connectivity index (χ0n) is 19.2. The maximum Gasteiger partial charge on any atom is 0.385 e. The van der Waals surface area contributed by atoms with E-state index in [1.807, 2.05) is 12.1 Å². The molecular formula is C30H24NO2+. The van der Waals surface area contributed by atoms with Gasteiger partial charge in [-0.25, -0.2) is 0 Å². The predicted octanol–water partition coefficient (Wildman–Crippen LogP) is 7.44. The minimum atomic E-state index is -0.0553. The predicted molar refractivity (Wildman–Crippen MR) is 132 cm³/mol. The molecule has 1 aliphatic rings. The van der Waals surface area contributed by atoms with Crippen molar-refractivity contribution in [3.05, 3.63) is 89.5 Å². The molecule has 0 radical (unpaired) electrons. The first-order valence-corrected chi connectivity index (χ1v) is 11.4. The van der Waals surface area contributed by atoms with Crippen LogP contribution in [0.5, 0.6) is 0 Å². The fraction of sp³-hybridized carbons (Fsp3) is 0.167. The maximum absolute atomic E-state index is 6.77. The van der Waals surface area contributed by atoms with E-state index < -0.39 is 0 Å². The van der Waals surface area contributed by atoms with Crippen molar-refractivity contribution in [1.82, 2.24) is 0 Å². The third kappa shape index (κ3) is 2.27. The van der Waals surface area contributed by atoms with Crippen molar-refractivity contribution in [2.24, 2.45) is 7.05 Å². The highest BCUT2D eigenvalue weighted by Gasteiger charge is 2.39. The molecule has 0 unspecified atom stereocenters. The molecule has 2 aromatic heterocycles. The second-order valence-corrected chi connectivity index (χ2v) is 9.71. The average Bonchev–Trinajstić information content (AvgIpc) is 3.43. The number of para-hydroxylation sites is 1. The van der Waals surface area contributed by atoms with Gasteiger partial charge in [-0.2, -0.15) is 4.57 Å². The summed E-state index contributed by atoms with van der Waals surface area (Å²) in [5.41, 5.74) is 11.0. The van der Waals surface area contributed by atoms with E-state index in [1.54, 1.807) is 0 Å². The van der Waals surface area contributed by atoms with Gasteiger partial charge in [0.1, 0.15) is 18.2 Å². The lowest BCUT2D eigenvalue weighted by atomic mass is 9.82. The van der Waals surface area contributed by atoms with Crippen LogP contribution in [0, 0.1) is 6.92 Å². The lowest BCUT2D eigenvalue weighted by Gasteiger charge is -2.20. The van der Waals surface area contributed by atoms with Gasteiger partial charge < -0.3 is 8.83 Å². The third-order valence-corrected chi connectivity index (χ3v) is 7.51. The van der Waals surface area contributed by atoms with Crippen LogP contribution in [0.25, 0.3) is 55.6 Å². The largest absolute Gasteiger partial charge is 0.455 e. The maximum atomic E-state index is 6.77. The lowest BCUT2D eigenvalue weighted by molar-refractivity contribution is -0.637. The highest BCUT2D eigenvalue weighted by Crippen LogP contribution is 2.51. The Hall–Kier alpha value is -3.85. The number of aromatic nitrogens is 1. The number of hydrogen-bond acceptors (Lipinski definition) is 2. The highest BCUT2D eigenvalue weighted by atomic mass is 16.4. The van der Waals surface area contributed by atoms with Crippen molar-refractivity contribution in [1.29, 1.82) is 0 Å². The van der Waals surface area contributed by atoms with E-state index in [2.05, 4.69) is 93.0 Å². The number of fused-ring (bicyclic) bond motifs is 8. The monoisotopic (exact) mass is 430 g/mol. The molecule has 0 aliphatic heterocycles. The minimum absolute atomic E-state index is 0.0553. The summed E-state index contributed by atoms with van der Waals surface area (Å²) in [6, 6.07) is 25.7. The molecule has 0 N–H and O–H groups in total. The van der Waals surface area contributed by atoms with E-state index in [9.17, 15) is 0 Å². The Kier molecular flexibility index (Phi) is 3.48. The molecule has 0 saturated carbocycles. The smallest absolute Gasteiger partial charge is 0.385 e. The number of oxazole rings is 1. The van der Waals surface area contributed by atoms with Gasteiger partial charge >= 0.3 is 5.89 Å². The normalized spacial score (nSPS) is 14.3. The summed E-state index contributed by atoms with van der Waals surface area (Å²) >= 11 is 0. The molecule has 0 amide bonds. The second-order valence-electron chi connectivity index (χ2n) is 9.71. The molecule has 33 heavy (non-hydrogen) atoms. The van der Waals surface area contributed by atoms with Gasteiger partial charge in [-0.1, -0.05) is 74.5 Å². The van der Waals surface area contributed by atoms with Crippen LogP contribution in [-0.4, -0.2) is 0 Å². The van der Waals surface area contributed by atoms with Gasteiger partial charge in [0.25, 0.3) is 5.52 Å². The molecule has 7 rings (SSSR count). The summed E-state index contributed by atoms with van der Waals surface area (Å²) in [5.74, 6) is 0.822. The molecule has 1 aliphatic carbocycles. The van der Waals surface area contributed by atoms with Gasteiger partial charge in [-0.3, -0.25) is 0 Å². The second kappa shape index (κ2) is 6.14. The Bertz CT molecular complexity index is 1760. The molecule has 0 bridgehead atoms. The number of rotatable bonds is 1. The number of hydrogen-bond donors (Lipinski definition) is 0. The van der Waals surface area contributed by atoms with Crippen LogP contribution in [0.15, 0.2) is 81.6 Å². The van der Waals surface area contributed by atoms with Gasteiger partial charge in [-0.05, 0) is 35.2 Å². The standard InChI is InChI=1S/C30H24NO2/c1-17-13-14-19-18-9-6-8-12-24(18)32-27(19)25(17)29-31(4)23-16-15-22-26(28(23)33-29)20-10-5-7-11-21(20)30(22,2)3/h5-16H,1-4H3/q+1. The van der Waals surface area contributed by atoms with E-state index >= 15 is 0 Å². The van der Waals surface area contributed by atoms with Crippen molar-refractivity contribution >= 4 is 33.0 Å². The first-order chi connectivity index (χ1) is 16.0. The summed E-state index contributed by atoms with van der Waals surface area (Å²) in [7, 11) is 2.08. The number of nitrogens with zero attached hydrogens (tertiary/aromatic N) is 1. The quantitative estimate of drug-likeness (QED) is 0.254. The van der Waals surface area contributed by atoms with Gasteiger partial charge in [-0.15, -0.1) is 0 Å². The molecule has 3 heteroatoms. The number of furan rings is 1. The Morgan fingerprint density at radius 2 is 1.48 bits per heavy atom. The zero-order valence-corrected chi connectivity index (χ0v) is 19.2. The fourth-order valence-electron chi connectivity index (χ4n) is 5.76. The van der Waals surface area contributed by atoms with Crippen molar-refractivity contribution in [3.8, 4) is 22.6 Å². The topological polar surface area (TPSA) is 30.2 Å². The van der Waals surface area contributed by atoms with Gasteiger partial charge in [0.05, 0.1) is 0 Å². The van der Waals surface area contributed by atoms with Crippen LogP contribution in [0.3, 0.4) is 0 Å². The van der Waals surface area contributed by atoms with Crippen molar-refractivity contribution in [2.75, 3.05) is 0 Å². The number of aryl methyl sites for hydroxylation is 2. The highest BCUT2D eigenvalue weighted by molar-refractivity contribution is 6.09. The molecule has 0 saturated heterocycles. The average molecular weight is 431 g/mol. The van der Waals surface area contributed by atoms with Crippen LogP contribution in [-0.2, 0) is 12.5 Å². The molecule has 0 spiro atoms. The zero-order chi connectivity index (χ0) is 22.5. The molecule has 3 nitrogen and oxygen atoms in total. The molecule has 2 heterocycles. The van der Waals surface area contributed by atoms with Crippen LogP contribution in [0.1, 0.15) is 30.5 Å². The Labute approximate surface area is 191 Å². The summed E-state index contributed by atoms with van der Waals surface area (Å²) in [5, 5.41) is 2.24. The van der Waals surface area contributed by atoms with E-state index in [0.717, 1.165) is 50.1 Å². The van der Waals surface area contributed by atoms with E-state index in [1.165, 1.54) is 22.3 Å². The fourth-order valence-corrected chi connectivity index (χ4v) is 5.76. The van der Waals surface area contributed by atoms with Crippen molar-refractivity contribution < 1.29 is 13.4 Å². The summed E-state index contributed by atoms with van der Waals surface area (Å²) < 4.78 is 15.3. The van der Waals surface area contributed by atoms with Crippen molar-refractivity contribution in [2.45, 2.75) is 26.2 Å². The number of benzene rings is 4. The van der Waals surface area contributed by atoms with E-state index in [4.69, 9.17) is 8.83 Å². The van der Waals surface area contributed by atoms with Crippen LogP contribution in [0.2, 0.25) is 0 Å². The third-order valence-electron chi connectivity index (χ3n) is 7.51.